The largest absolute Gasteiger partial charge is 0.477 e. The molecule has 1 aliphatic heterocycles. The van der Waals surface area contributed by atoms with Crippen molar-refractivity contribution >= 4 is 11.5 Å². The average Bonchev–Trinajstić information content (AvgIpc) is 2.97. The van der Waals surface area contributed by atoms with E-state index in [1.807, 2.05) is 12.1 Å². The molecule has 0 radical (unpaired) electrons. The summed E-state index contributed by atoms with van der Waals surface area (Å²) < 4.78 is 0. The Bertz CT molecular complexity index is 1110. The molecule has 0 spiro atoms. The second-order valence-corrected chi connectivity index (χ2v) is 8.39. The van der Waals surface area contributed by atoms with Crippen LogP contribution in [0.1, 0.15) is 51.1 Å². The van der Waals surface area contributed by atoms with Crippen LogP contribution < -0.4 is 0 Å². The van der Waals surface area contributed by atoms with E-state index in [1.54, 1.807) is 6.20 Å². The van der Waals surface area contributed by atoms with Crippen molar-refractivity contribution < 1.29 is 9.90 Å². The summed E-state index contributed by atoms with van der Waals surface area (Å²) in [6, 6.07) is 21.4. The number of aromatic nitrogens is 1. The van der Waals surface area contributed by atoms with Crippen LogP contribution in [0.4, 0.5) is 0 Å². The zero-order valence-electron chi connectivity index (χ0n) is 17.6. The molecule has 4 heteroatoms. The summed E-state index contributed by atoms with van der Waals surface area (Å²) in [5.41, 5.74) is 9.54. The van der Waals surface area contributed by atoms with E-state index >= 15 is 0 Å². The summed E-state index contributed by atoms with van der Waals surface area (Å²) in [5.74, 6) is -0.956. The van der Waals surface area contributed by atoms with Gasteiger partial charge in [-0.25, -0.2) is 9.78 Å². The van der Waals surface area contributed by atoms with Crippen LogP contribution in [0.15, 0.2) is 72.4 Å². The van der Waals surface area contributed by atoms with Gasteiger partial charge in [0.2, 0.25) is 0 Å². The second-order valence-electron chi connectivity index (χ2n) is 8.39. The third-order valence-corrected chi connectivity index (χ3v) is 6.54. The number of carboxylic acid groups (broad SMARTS) is 1. The van der Waals surface area contributed by atoms with Crippen LogP contribution in [0.2, 0.25) is 0 Å². The minimum atomic E-state index is -0.956. The van der Waals surface area contributed by atoms with Crippen molar-refractivity contribution in [1.82, 2.24) is 9.88 Å². The van der Waals surface area contributed by atoms with Crippen LogP contribution >= 0.6 is 0 Å². The maximum Gasteiger partial charge on any atom is 0.354 e. The van der Waals surface area contributed by atoms with Gasteiger partial charge in [-0.1, -0.05) is 60.2 Å². The average molecular weight is 411 g/mol. The van der Waals surface area contributed by atoms with Gasteiger partial charge >= 0.3 is 5.97 Å². The van der Waals surface area contributed by atoms with Crippen molar-refractivity contribution in [3.63, 3.8) is 0 Å². The lowest BCUT2D eigenvalue weighted by Crippen LogP contribution is -2.31. The molecule has 1 aliphatic carbocycles. The maximum absolute atomic E-state index is 11.5. The molecule has 1 aromatic heterocycles. The summed E-state index contributed by atoms with van der Waals surface area (Å²) >= 11 is 0. The highest BCUT2D eigenvalue weighted by molar-refractivity contribution is 5.87. The van der Waals surface area contributed by atoms with Gasteiger partial charge in [0, 0.05) is 25.8 Å². The van der Waals surface area contributed by atoms with Gasteiger partial charge < -0.3 is 5.11 Å². The molecule has 3 aromatic rings. The zero-order chi connectivity index (χ0) is 21.2. The lowest BCUT2D eigenvalue weighted by molar-refractivity contribution is 0.0687. The number of aryl methyl sites for hydroxylation is 2. The lowest BCUT2D eigenvalue weighted by atomic mass is 9.86. The summed E-state index contributed by atoms with van der Waals surface area (Å²) in [6.07, 6.45) is 5.71. The number of fused-ring (bicyclic) bond motifs is 2. The molecular weight excluding hydrogens is 384 g/mol. The number of likely N-dealkylation sites (tertiary alicyclic amines) is 1. The van der Waals surface area contributed by atoms with Gasteiger partial charge in [-0.15, -0.1) is 0 Å². The first-order valence-corrected chi connectivity index (χ1v) is 11.0. The van der Waals surface area contributed by atoms with E-state index in [2.05, 4.69) is 58.4 Å². The number of carboxylic acids is 1. The summed E-state index contributed by atoms with van der Waals surface area (Å²) in [7, 11) is 0. The van der Waals surface area contributed by atoms with E-state index in [4.69, 9.17) is 0 Å². The van der Waals surface area contributed by atoms with E-state index in [-0.39, 0.29) is 5.69 Å². The number of piperidine rings is 1. The number of hydrogen-bond acceptors (Lipinski definition) is 3. The molecule has 156 valence electrons. The van der Waals surface area contributed by atoms with E-state index in [0.717, 1.165) is 44.3 Å². The van der Waals surface area contributed by atoms with Gasteiger partial charge in [0.05, 0.1) is 0 Å². The highest BCUT2D eigenvalue weighted by atomic mass is 16.4. The first-order valence-electron chi connectivity index (χ1n) is 11.0. The fourth-order valence-electron chi connectivity index (χ4n) is 4.99. The number of benzene rings is 2. The number of hydrogen-bond donors (Lipinski definition) is 1. The van der Waals surface area contributed by atoms with Crippen LogP contribution in [-0.2, 0) is 19.4 Å². The molecule has 5 rings (SSSR count). The number of nitrogens with zero attached hydrogens (tertiary/aromatic N) is 2. The molecule has 0 unspecified atom stereocenters. The third kappa shape index (κ3) is 3.91. The third-order valence-electron chi connectivity index (χ3n) is 6.54. The highest BCUT2D eigenvalue weighted by Gasteiger charge is 2.24. The predicted octanol–water partition coefficient (Wildman–Crippen LogP) is 4.98. The molecule has 0 atom stereocenters. The number of pyridine rings is 1. The lowest BCUT2D eigenvalue weighted by Gasteiger charge is -2.30. The van der Waals surface area contributed by atoms with Crippen molar-refractivity contribution in [2.45, 2.75) is 32.2 Å². The summed E-state index contributed by atoms with van der Waals surface area (Å²) in [4.78, 5) is 17.9. The molecule has 2 aliphatic rings. The van der Waals surface area contributed by atoms with Crippen LogP contribution in [0.3, 0.4) is 0 Å². The molecular formula is C27H26N2O2. The first-order chi connectivity index (χ1) is 15.2. The Morgan fingerprint density at radius 1 is 0.839 bits per heavy atom. The van der Waals surface area contributed by atoms with Crippen LogP contribution in [-0.4, -0.2) is 34.0 Å². The highest BCUT2D eigenvalue weighted by Crippen LogP contribution is 2.38. The van der Waals surface area contributed by atoms with E-state index in [0.29, 0.717) is 6.54 Å². The maximum atomic E-state index is 11.5. The Morgan fingerprint density at radius 2 is 1.45 bits per heavy atom. The molecule has 2 heterocycles. The zero-order valence-corrected chi connectivity index (χ0v) is 17.6. The quantitative estimate of drug-likeness (QED) is 0.662. The van der Waals surface area contributed by atoms with Crippen molar-refractivity contribution in [2.75, 3.05) is 13.1 Å². The van der Waals surface area contributed by atoms with E-state index in [9.17, 15) is 9.90 Å². The molecule has 0 saturated carbocycles. The summed E-state index contributed by atoms with van der Waals surface area (Å²) in [5, 5.41) is 9.43. The van der Waals surface area contributed by atoms with Crippen LogP contribution in [0.25, 0.3) is 5.57 Å². The second kappa shape index (κ2) is 8.48. The van der Waals surface area contributed by atoms with Gasteiger partial charge in [0.1, 0.15) is 0 Å². The predicted molar refractivity (Wildman–Crippen MR) is 122 cm³/mol. The van der Waals surface area contributed by atoms with E-state index < -0.39 is 5.97 Å². The minimum absolute atomic E-state index is 0.165. The van der Waals surface area contributed by atoms with Crippen molar-refractivity contribution in [3.05, 3.63) is 106 Å². The normalized spacial score (nSPS) is 16.4. The monoisotopic (exact) mass is 410 g/mol. The molecule has 1 N–H and O–H groups in total. The van der Waals surface area contributed by atoms with E-state index in [1.165, 1.54) is 33.4 Å². The van der Waals surface area contributed by atoms with Gasteiger partial charge in [0.25, 0.3) is 0 Å². The standard InChI is InChI=1S/C27H26N2O2/c30-27(31)26-22(8-5-15-28-26)18-29-16-13-21(14-17-29)25-23-9-3-1-6-19(23)11-12-20-7-2-4-10-24(20)25/h1-10,15H,11-14,16-18H2,(H,30,31). The fraction of sp³-hybridized carbons (Fsp3) is 0.259. The molecule has 0 bridgehead atoms. The number of carbonyl (C=O) groups is 1. The van der Waals surface area contributed by atoms with Gasteiger partial charge in [0.15, 0.2) is 5.69 Å². The van der Waals surface area contributed by atoms with Gasteiger partial charge in [-0.3, -0.25) is 4.90 Å². The number of rotatable bonds is 3. The fourth-order valence-corrected chi connectivity index (χ4v) is 4.99. The first kappa shape index (κ1) is 19.7. The molecule has 0 amide bonds. The molecule has 1 saturated heterocycles. The number of aromatic carboxylic acids is 1. The Kier molecular flexibility index (Phi) is 5.39. The van der Waals surface area contributed by atoms with Crippen molar-refractivity contribution in [2.24, 2.45) is 0 Å². The molecule has 1 fully saturated rings. The molecule has 2 aromatic carbocycles. The topological polar surface area (TPSA) is 53.4 Å². The Morgan fingerprint density at radius 3 is 2.06 bits per heavy atom. The molecule has 31 heavy (non-hydrogen) atoms. The van der Waals surface area contributed by atoms with Crippen molar-refractivity contribution in [1.29, 1.82) is 0 Å². The van der Waals surface area contributed by atoms with Crippen molar-refractivity contribution in [3.8, 4) is 0 Å². The Balaban J connectivity index is 1.45. The SMILES string of the molecule is O=C(O)c1ncccc1CN1CCC(=C2c3ccccc3CCc3ccccc32)CC1. The molecule has 4 nitrogen and oxygen atoms in total. The Labute approximate surface area is 182 Å². The van der Waals surface area contributed by atoms with Crippen LogP contribution in [0.5, 0.6) is 0 Å². The smallest absolute Gasteiger partial charge is 0.354 e. The van der Waals surface area contributed by atoms with Crippen LogP contribution in [0, 0.1) is 0 Å². The van der Waals surface area contributed by atoms with Gasteiger partial charge in [-0.05, 0) is 65.1 Å². The van der Waals surface area contributed by atoms with Gasteiger partial charge in [-0.2, -0.15) is 0 Å². The Hall–Kier alpha value is -3.24. The minimum Gasteiger partial charge on any atom is -0.477 e. The summed E-state index contributed by atoms with van der Waals surface area (Å²) in [6.45, 7) is 2.49.